The SMILES string of the molecule is CCC/C=C/CN1C(=O)c2ccccc2Sc2cc(Nc3cnccn3)ccc21. The van der Waals surface area contributed by atoms with Crippen molar-refractivity contribution in [1.29, 1.82) is 0 Å². The lowest BCUT2D eigenvalue weighted by Crippen LogP contribution is -2.31. The second-order valence-corrected chi connectivity index (χ2v) is 7.76. The second-order valence-electron chi connectivity index (χ2n) is 6.67. The largest absolute Gasteiger partial charge is 0.339 e. The molecule has 0 radical (unpaired) electrons. The van der Waals surface area contributed by atoms with Crippen molar-refractivity contribution in [3.63, 3.8) is 0 Å². The summed E-state index contributed by atoms with van der Waals surface area (Å²) in [5, 5.41) is 3.28. The molecule has 2 aromatic carbocycles. The average Bonchev–Trinajstić information content (AvgIpc) is 2.86. The highest BCUT2D eigenvalue weighted by Gasteiger charge is 2.26. The van der Waals surface area contributed by atoms with Crippen LogP contribution in [-0.2, 0) is 0 Å². The number of carbonyl (C=O) groups excluding carboxylic acids is 1. The van der Waals surface area contributed by atoms with Crippen LogP contribution in [-0.4, -0.2) is 22.4 Å². The highest BCUT2D eigenvalue weighted by molar-refractivity contribution is 7.99. The number of benzene rings is 2. The Balaban J connectivity index is 1.71. The summed E-state index contributed by atoms with van der Waals surface area (Å²) >= 11 is 1.62. The summed E-state index contributed by atoms with van der Waals surface area (Å²) in [7, 11) is 0. The standard InChI is InChI=1S/C23H22N4OS/c1-2-3-4-7-14-27-19-11-10-17(26-22-16-24-12-13-25-22)15-21(19)29-20-9-6-5-8-18(20)23(27)28/h4-13,15-16H,2-3,14H2,1H3,(H,25,26)/b7-4+. The van der Waals surface area contributed by atoms with E-state index in [0.29, 0.717) is 12.4 Å². The lowest BCUT2D eigenvalue weighted by molar-refractivity contribution is 0.0987. The molecule has 0 saturated carbocycles. The maximum Gasteiger partial charge on any atom is 0.259 e. The van der Waals surface area contributed by atoms with Crippen LogP contribution in [0.2, 0.25) is 0 Å². The topological polar surface area (TPSA) is 58.1 Å². The Bertz CT molecular complexity index is 1040. The summed E-state index contributed by atoms with van der Waals surface area (Å²) in [6.07, 6.45) is 11.3. The van der Waals surface area contributed by atoms with Gasteiger partial charge in [-0.15, -0.1) is 0 Å². The third-order valence-electron chi connectivity index (χ3n) is 4.58. The third kappa shape index (κ3) is 4.32. The van der Waals surface area contributed by atoms with Gasteiger partial charge in [0.25, 0.3) is 5.91 Å². The number of nitrogens with zero attached hydrogens (tertiary/aromatic N) is 3. The van der Waals surface area contributed by atoms with Gasteiger partial charge in [0.05, 0.1) is 17.4 Å². The number of allylic oxidation sites excluding steroid dienone is 1. The Morgan fingerprint density at radius 2 is 2.00 bits per heavy atom. The summed E-state index contributed by atoms with van der Waals surface area (Å²) in [6, 6.07) is 13.8. The molecule has 29 heavy (non-hydrogen) atoms. The van der Waals surface area contributed by atoms with E-state index in [4.69, 9.17) is 0 Å². The lowest BCUT2D eigenvalue weighted by atomic mass is 10.1. The van der Waals surface area contributed by atoms with Gasteiger partial charge in [0, 0.05) is 34.4 Å². The van der Waals surface area contributed by atoms with E-state index in [1.807, 2.05) is 41.3 Å². The van der Waals surface area contributed by atoms with E-state index in [1.165, 1.54) is 0 Å². The number of anilines is 3. The Kier molecular flexibility index (Phi) is 5.91. The number of hydrogen-bond donors (Lipinski definition) is 1. The van der Waals surface area contributed by atoms with Crippen LogP contribution in [0.5, 0.6) is 0 Å². The van der Waals surface area contributed by atoms with E-state index >= 15 is 0 Å². The van der Waals surface area contributed by atoms with Crippen LogP contribution in [0.15, 0.2) is 83.0 Å². The van der Waals surface area contributed by atoms with Gasteiger partial charge in [-0.1, -0.05) is 49.4 Å². The number of hydrogen-bond acceptors (Lipinski definition) is 5. The van der Waals surface area contributed by atoms with Gasteiger partial charge >= 0.3 is 0 Å². The minimum Gasteiger partial charge on any atom is -0.339 e. The molecule has 0 unspecified atom stereocenters. The van der Waals surface area contributed by atoms with Crippen molar-refractivity contribution in [2.75, 3.05) is 16.8 Å². The molecular weight excluding hydrogens is 380 g/mol. The highest BCUT2D eigenvalue weighted by atomic mass is 32.2. The summed E-state index contributed by atoms with van der Waals surface area (Å²) < 4.78 is 0. The highest BCUT2D eigenvalue weighted by Crippen LogP contribution is 2.42. The summed E-state index contributed by atoms with van der Waals surface area (Å²) in [5.41, 5.74) is 2.56. The molecular formula is C23H22N4OS. The number of aromatic nitrogens is 2. The van der Waals surface area contributed by atoms with E-state index in [-0.39, 0.29) is 5.91 Å². The van der Waals surface area contributed by atoms with Crippen LogP contribution in [0.1, 0.15) is 30.1 Å². The molecule has 0 aliphatic carbocycles. The summed E-state index contributed by atoms with van der Waals surface area (Å²) in [4.78, 5) is 25.5. The van der Waals surface area contributed by atoms with Crippen molar-refractivity contribution in [2.45, 2.75) is 29.6 Å². The normalized spacial score (nSPS) is 13.1. The number of fused-ring (bicyclic) bond motifs is 2. The number of rotatable bonds is 6. The molecule has 1 amide bonds. The van der Waals surface area contributed by atoms with Crippen LogP contribution in [0.4, 0.5) is 17.2 Å². The van der Waals surface area contributed by atoms with Crippen LogP contribution in [0, 0.1) is 0 Å². The predicted molar refractivity (Wildman–Crippen MR) is 118 cm³/mol. The number of carbonyl (C=O) groups is 1. The molecule has 0 atom stereocenters. The van der Waals surface area contributed by atoms with Gasteiger partial charge in [-0.25, -0.2) is 4.98 Å². The molecule has 1 aliphatic heterocycles. The number of amides is 1. The molecule has 0 fully saturated rings. The Hall–Kier alpha value is -3.12. The first-order valence-electron chi connectivity index (χ1n) is 9.67. The molecule has 146 valence electrons. The number of unbranched alkanes of at least 4 members (excludes halogenated alkanes) is 1. The van der Waals surface area contributed by atoms with Gasteiger partial charge < -0.3 is 10.2 Å². The van der Waals surface area contributed by atoms with E-state index in [9.17, 15) is 4.79 Å². The molecule has 0 saturated heterocycles. The van der Waals surface area contributed by atoms with Gasteiger partial charge in [0.1, 0.15) is 5.82 Å². The van der Waals surface area contributed by atoms with Crippen LogP contribution in [0.3, 0.4) is 0 Å². The lowest BCUT2D eigenvalue weighted by Gasteiger charge is -2.22. The van der Waals surface area contributed by atoms with Crippen molar-refractivity contribution >= 4 is 34.9 Å². The molecule has 1 aliphatic rings. The van der Waals surface area contributed by atoms with Gasteiger partial charge in [-0.3, -0.25) is 9.78 Å². The van der Waals surface area contributed by atoms with Crippen LogP contribution >= 0.6 is 11.8 Å². The van der Waals surface area contributed by atoms with Gasteiger partial charge in [0.15, 0.2) is 0 Å². The zero-order chi connectivity index (χ0) is 20.1. The van der Waals surface area contributed by atoms with Gasteiger partial charge in [0.2, 0.25) is 0 Å². The zero-order valence-electron chi connectivity index (χ0n) is 16.2. The molecule has 0 spiro atoms. The summed E-state index contributed by atoms with van der Waals surface area (Å²) in [5.74, 6) is 0.713. The molecule has 0 bridgehead atoms. The van der Waals surface area contributed by atoms with Crippen molar-refractivity contribution in [2.24, 2.45) is 0 Å². The van der Waals surface area contributed by atoms with E-state index in [2.05, 4.69) is 40.4 Å². The third-order valence-corrected chi connectivity index (χ3v) is 5.70. The molecule has 5 nitrogen and oxygen atoms in total. The van der Waals surface area contributed by atoms with Crippen LogP contribution in [0.25, 0.3) is 0 Å². The summed E-state index contributed by atoms with van der Waals surface area (Å²) in [6.45, 7) is 2.70. The minimum atomic E-state index is 0.0302. The fourth-order valence-electron chi connectivity index (χ4n) is 3.16. The van der Waals surface area contributed by atoms with Crippen molar-refractivity contribution in [3.8, 4) is 0 Å². The quantitative estimate of drug-likeness (QED) is 0.537. The smallest absolute Gasteiger partial charge is 0.259 e. The molecule has 2 heterocycles. The average molecular weight is 403 g/mol. The second kappa shape index (κ2) is 8.92. The zero-order valence-corrected chi connectivity index (χ0v) is 17.0. The fraction of sp³-hybridized carbons (Fsp3) is 0.174. The minimum absolute atomic E-state index is 0.0302. The Morgan fingerprint density at radius 3 is 2.83 bits per heavy atom. The van der Waals surface area contributed by atoms with Crippen molar-refractivity contribution < 1.29 is 4.79 Å². The van der Waals surface area contributed by atoms with E-state index in [1.54, 1.807) is 30.4 Å². The molecule has 1 aromatic heterocycles. The van der Waals surface area contributed by atoms with Gasteiger partial charge in [-0.2, -0.15) is 0 Å². The molecule has 4 rings (SSSR count). The first kappa shape index (κ1) is 19.2. The Morgan fingerprint density at radius 1 is 1.10 bits per heavy atom. The molecule has 3 aromatic rings. The van der Waals surface area contributed by atoms with E-state index in [0.717, 1.165) is 39.6 Å². The first-order chi connectivity index (χ1) is 14.3. The monoisotopic (exact) mass is 402 g/mol. The van der Waals surface area contributed by atoms with Crippen molar-refractivity contribution in [3.05, 3.63) is 78.8 Å². The maximum absolute atomic E-state index is 13.3. The van der Waals surface area contributed by atoms with Gasteiger partial charge in [-0.05, 0) is 36.8 Å². The first-order valence-corrected chi connectivity index (χ1v) is 10.5. The van der Waals surface area contributed by atoms with E-state index < -0.39 is 0 Å². The predicted octanol–water partition coefficient (Wildman–Crippen LogP) is 5.69. The Labute approximate surface area is 174 Å². The molecule has 1 N–H and O–H groups in total. The van der Waals surface area contributed by atoms with Crippen molar-refractivity contribution in [1.82, 2.24) is 9.97 Å². The number of nitrogens with one attached hydrogen (secondary N) is 1. The molecule has 6 heteroatoms. The maximum atomic E-state index is 13.3. The fourth-order valence-corrected chi connectivity index (χ4v) is 4.28. The van der Waals surface area contributed by atoms with Crippen LogP contribution < -0.4 is 10.2 Å².